The molecule has 0 radical (unpaired) electrons. The Kier molecular flexibility index (Phi) is 6.21. The summed E-state index contributed by atoms with van der Waals surface area (Å²) in [6.45, 7) is 1.02. The fourth-order valence-electron chi connectivity index (χ4n) is 3.05. The highest BCUT2D eigenvalue weighted by atomic mass is 35.5. The summed E-state index contributed by atoms with van der Waals surface area (Å²) in [7, 11) is 0. The van der Waals surface area contributed by atoms with Crippen molar-refractivity contribution in [3.8, 4) is 0 Å². The number of amides is 3. The van der Waals surface area contributed by atoms with Crippen LogP contribution in [0.2, 0.25) is 5.02 Å². The second-order valence-corrected chi connectivity index (χ2v) is 8.16. The van der Waals surface area contributed by atoms with E-state index in [2.05, 4.69) is 15.6 Å². The minimum atomic E-state index is -0.218. The summed E-state index contributed by atoms with van der Waals surface area (Å²) < 4.78 is 0. The van der Waals surface area contributed by atoms with Crippen LogP contribution >= 0.6 is 23.4 Å². The third-order valence-electron chi connectivity index (χ3n) is 4.61. The molecule has 0 bridgehead atoms. The predicted molar refractivity (Wildman–Crippen MR) is 120 cm³/mol. The van der Waals surface area contributed by atoms with E-state index in [1.165, 1.54) is 0 Å². The van der Waals surface area contributed by atoms with Crippen molar-refractivity contribution in [3.05, 3.63) is 83.0 Å². The number of carbonyl (C=O) groups excluding carboxylic acids is 2. The van der Waals surface area contributed by atoms with Gasteiger partial charge in [0.25, 0.3) is 5.91 Å². The number of nitrogens with one attached hydrogen (secondary N) is 2. The molecule has 3 aromatic rings. The molecule has 0 spiro atoms. The molecule has 2 N–H and O–H groups in total. The second-order valence-electron chi connectivity index (χ2n) is 6.64. The van der Waals surface area contributed by atoms with Gasteiger partial charge < -0.3 is 10.6 Å². The van der Waals surface area contributed by atoms with E-state index in [-0.39, 0.29) is 11.9 Å². The molecule has 0 fully saturated rings. The third kappa shape index (κ3) is 4.75. The van der Waals surface area contributed by atoms with Gasteiger partial charge in [-0.1, -0.05) is 23.7 Å². The molecule has 0 saturated heterocycles. The quantitative estimate of drug-likeness (QED) is 0.613. The molecule has 2 heterocycles. The molecular formula is C22H19ClN4O2S. The van der Waals surface area contributed by atoms with Gasteiger partial charge in [-0.05, 0) is 54.1 Å². The summed E-state index contributed by atoms with van der Waals surface area (Å²) in [6.07, 6.45) is 1.73. The number of aromatic nitrogens is 1. The van der Waals surface area contributed by atoms with Crippen LogP contribution in [0.25, 0.3) is 0 Å². The van der Waals surface area contributed by atoms with Crippen molar-refractivity contribution in [1.82, 2.24) is 10.3 Å². The summed E-state index contributed by atoms with van der Waals surface area (Å²) in [4.78, 5) is 31.1. The maximum atomic E-state index is 12.7. The van der Waals surface area contributed by atoms with Crippen LogP contribution in [0.3, 0.4) is 0 Å². The Hall–Kier alpha value is -3.03. The summed E-state index contributed by atoms with van der Waals surface area (Å²) in [5, 5.41) is 7.27. The van der Waals surface area contributed by atoms with Crippen LogP contribution in [-0.2, 0) is 6.54 Å². The largest absolute Gasteiger partial charge is 0.348 e. The van der Waals surface area contributed by atoms with Crippen LogP contribution in [0.4, 0.5) is 16.2 Å². The Labute approximate surface area is 183 Å². The number of carbonyl (C=O) groups is 2. The number of halogens is 1. The van der Waals surface area contributed by atoms with Gasteiger partial charge in [0.15, 0.2) is 0 Å². The van der Waals surface area contributed by atoms with Gasteiger partial charge >= 0.3 is 6.03 Å². The van der Waals surface area contributed by atoms with Crippen molar-refractivity contribution in [2.24, 2.45) is 0 Å². The molecule has 4 rings (SSSR count). The first-order valence-corrected chi connectivity index (χ1v) is 10.8. The van der Waals surface area contributed by atoms with E-state index in [1.807, 2.05) is 24.3 Å². The number of pyridine rings is 1. The van der Waals surface area contributed by atoms with Gasteiger partial charge in [-0.3, -0.25) is 9.69 Å². The number of hydrogen-bond acceptors (Lipinski definition) is 4. The molecule has 8 heteroatoms. The number of rotatable bonds is 4. The van der Waals surface area contributed by atoms with Gasteiger partial charge in [0.2, 0.25) is 0 Å². The first kappa shape index (κ1) is 20.3. The average Bonchev–Trinajstić information content (AvgIpc) is 2.78. The van der Waals surface area contributed by atoms with Gasteiger partial charge in [0, 0.05) is 41.3 Å². The van der Waals surface area contributed by atoms with Gasteiger partial charge in [0.05, 0.1) is 5.69 Å². The number of nitrogens with zero attached hydrogens (tertiary/aromatic N) is 2. The molecule has 3 amide bonds. The van der Waals surface area contributed by atoms with Gasteiger partial charge in [-0.15, -0.1) is 11.8 Å². The lowest BCUT2D eigenvalue weighted by atomic mass is 10.1. The standard InChI is InChI=1S/C22H19ClN4O2S/c23-17-7-3-15(4-8-17)14-25-20(28)16-5-9-18(10-6-16)26-22(29)27-12-13-30-21-19(27)2-1-11-24-21/h1-11H,12-14H2,(H,25,28)(H,26,29). The van der Waals surface area contributed by atoms with Crippen LogP contribution in [0.1, 0.15) is 15.9 Å². The lowest BCUT2D eigenvalue weighted by Gasteiger charge is -2.28. The number of anilines is 2. The molecule has 1 aliphatic heterocycles. The summed E-state index contributed by atoms with van der Waals surface area (Å²) in [5.74, 6) is 0.611. The highest BCUT2D eigenvalue weighted by Gasteiger charge is 2.23. The zero-order chi connectivity index (χ0) is 20.9. The molecule has 0 unspecified atom stereocenters. The van der Waals surface area contributed by atoms with E-state index in [4.69, 9.17) is 11.6 Å². The van der Waals surface area contributed by atoms with E-state index >= 15 is 0 Å². The number of benzene rings is 2. The van der Waals surface area contributed by atoms with Gasteiger partial charge in [0.1, 0.15) is 5.03 Å². The van der Waals surface area contributed by atoms with Crippen LogP contribution in [0.15, 0.2) is 71.9 Å². The first-order chi connectivity index (χ1) is 14.6. The van der Waals surface area contributed by atoms with Crippen molar-refractivity contribution in [1.29, 1.82) is 0 Å². The van der Waals surface area contributed by atoms with E-state index in [9.17, 15) is 9.59 Å². The van der Waals surface area contributed by atoms with Crippen molar-refractivity contribution in [3.63, 3.8) is 0 Å². The highest BCUT2D eigenvalue weighted by molar-refractivity contribution is 7.99. The zero-order valence-corrected chi connectivity index (χ0v) is 17.5. The fourth-order valence-corrected chi connectivity index (χ4v) is 4.10. The van der Waals surface area contributed by atoms with Crippen LogP contribution < -0.4 is 15.5 Å². The summed E-state index contributed by atoms with van der Waals surface area (Å²) in [6, 6.07) is 17.6. The van der Waals surface area contributed by atoms with Crippen LogP contribution in [0, 0.1) is 0 Å². The maximum Gasteiger partial charge on any atom is 0.326 e. The molecule has 30 heavy (non-hydrogen) atoms. The normalized spacial score (nSPS) is 12.8. The lowest BCUT2D eigenvalue weighted by Crippen LogP contribution is -2.38. The summed E-state index contributed by atoms with van der Waals surface area (Å²) in [5.41, 5.74) is 2.92. The Morgan fingerprint density at radius 2 is 1.83 bits per heavy atom. The van der Waals surface area contributed by atoms with Crippen molar-refractivity contribution < 1.29 is 9.59 Å². The molecule has 1 aliphatic rings. The highest BCUT2D eigenvalue weighted by Crippen LogP contribution is 2.32. The smallest absolute Gasteiger partial charge is 0.326 e. The first-order valence-electron chi connectivity index (χ1n) is 9.39. The minimum Gasteiger partial charge on any atom is -0.348 e. The van der Waals surface area contributed by atoms with Crippen LogP contribution in [0.5, 0.6) is 0 Å². The van der Waals surface area contributed by atoms with Crippen molar-refractivity contribution in [2.75, 3.05) is 22.5 Å². The molecule has 0 atom stereocenters. The Balaban J connectivity index is 1.36. The molecule has 2 aromatic carbocycles. The van der Waals surface area contributed by atoms with E-state index in [1.54, 1.807) is 59.3 Å². The second kappa shape index (κ2) is 9.19. The maximum absolute atomic E-state index is 12.7. The van der Waals surface area contributed by atoms with Crippen molar-refractivity contribution in [2.45, 2.75) is 11.6 Å². The molecule has 0 saturated carbocycles. The average molecular weight is 439 g/mol. The number of hydrogen-bond donors (Lipinski definition) is 2. The predicted octanol–water partition coefficient (Wildman–Crippen LogP) is 4.81. The Morgan fingerprint density at radius 1 is 1.07 bits per heavy atom. The third-order valence-corrected chi connectivity index (χ3v) is 5.83. The Morgan fingerprint density at radius 3 is 2.60 bits per heavy atom. The number of thioether (sulfide) groups is 1. The van der Waals surface area contributed by atoms with Gasteiger partial charge in [-0.2, -0.15) is 0 Å². The van der Waals surface area contributed by atoms with E-state index < -0.39 is 0 Å². The lowest BCUT2D eigenvalue weighted by molar-refractivity contribution is 0.0951. The Bertz CT molecular complexity index is 1060. The SMILES string of the molecule is O=C(NCc1ccc(Cl)cc1)c1ccc(NC(=O)N2CCSc3ncccc32)cc1. The molecule has 6 nitrogen and oxygen atoms in total. The molecular weight excluding hydrogens is 420 g/mol. The van der Waals surface area contributed by atoms with Crippen LogP contribution in [-0.4, -0.2) is 29.2 Å². The fraction of sp³-hybridized carbons (Fsp3) is 0.136. The summed E-state index contributed by atoms with van der Waals surface area (Å²) >= 11 is 7.51. The van der Waals surface area contributed by atoms with E-state index in [0.29, 0.717) is 29.4 Å². The number of fused-ring (bicyclic) bond motifs is 1. The number of urea groups is 1. The van der Waals surface area contributed by atoms with E-state index in [0.717, 1.165) is 22.0 Å². The zero-order valence-electron chi connectivity index (χ0n) is 16.0. The molecule has 0 aliphatic carbocycles. The molecule has 1 aromatic heterocycles. The topological polar surface area (TPSA) is 74.3 Å². The van der Waals surface area contributed by atoms with Gasteiger partial charge in [-0.25, -0.2) is 9.78 Å². The van der Waals surface area contributed by atoms with Crippen molar-refractivity contribution >= 4 is 46.7 Å². The molecule has 152 valence electrons. The monoisotopic (exact) mass is 438 g/mol. The minimum absolute atomic E-state index is 0.184.